The summed E-state index contributed by atoms with van der Waals surface area (Å²) in [6.07, 6.45) is 2.01. The Morgan fingerprint density at radius 2 is 1.41 bits per heavy atom. The number of nitrogens with zero attached hydrogens (tertiary/aromatic N) is 1. The highest BCUT2D eigenvalue weighted by atomic mass is 31.2. The first-order valence-corrected chi connectivity index (χ1v) is 10.3. The molecule has 0 aliphatic heterocycles. The number of likely N-dealkylation sites (N-methyl/N-ethyl adjacent to an activating group) is 1. The van der Waals surface area contributed by atoms with Gasteiger partial charge in [0.05, 0.1) is 13.2 Å². The Balaban J connectivity index is 4.46. The van der Waals surface area contributed by atoms with Crippen LogP contribution in [0.25, 0.3) is 0 Å². The van der Waals surface area contributed by atoms with Crippen LogP contribution in [0.2, 0.25) is 0 Å². The van der Waals surface area contributed by atoms with Crippen LogP contribution in [0.1, 0.15) is 54.4 Å². The van der Waals surface area contributed by atoms with E-state index in [0.29, 0.717) is 31.6 Å². The second kappa shape index (κ2) is 12.5. The van der Waals surface area contributed by atoms with Crippen LogP contribution in [0, 0.1) is 11.8 Å². The Bertz CT molecular complexity index is 294. The molecule has 0 aromatic heterocycles. The molecule has 0 aliphatic rings. The summed E-state index contributed by atoms with van der Waals surface area (Å²) in [5.74, 6) is 0.759. The van der Waals surface area contributed by atoms with Crippen molar-refractivity contribution in [2.75, 3.05) is 39.4 Å². The van der Waals surface area contributed by atoms with Crippen LogP contribution in [-0.2, 0) is 13.6 Å². The molecular weight excluding hydrogens is 299 g/mol. The van der Waals surface area contributed by atoms with Crippen molar-refractivity contribution < 1.29 is 13.6 Å². The van der Waals surface area contributed by atoms with Gasteiger partial charge in [0, 0.05) is 13.1 Å². The molecule has 2 unspecified atom stereocenters. The van der Waals surface area contributed by atoms with Crippen LogP contribution < -0.4 is 5.09 Å². The van der Waals surface area contributed by atoms with E-state index in [1.54, 1.807) is 0 Å². The second-order valence-electron chi connectivity index (χ2n) is 6.05. The summed E-state index contributed by atoms with van der Waals surface area (Å²) in [5, 5.41) is 3.02. The van der Waals surface area contributed by atoms with Crippen molar-refractivity contribution in [3.05, 3.63) is 0 Å². The van der Waals surface area contributed by atoms with E-state index in [-0.39, 0.29) is 0 Å². The molecule has 0 aliphatic carbocycles. The summed E-state index contributed by atoms with van der Waals surface area (Å²) >= 11 is 0. The molecule has 0 rings (SSSR count). The van der Waals surface area contributed by atoms with Gasteiger partial charge in [-0.2, -0.15) is 0 Å². The van der Waals surface area contributed by atoms with Gasteiger partial charge in [-0.05, 0) is 24.9 Å². The Morgan fingerprint density at radius 3 is 1.77 bits per heavy atom. The monoisotopic (exact) mass is 336 g/mol. The third kappa shape index (κ3) is 9.96. The van der Waals surface area contributed by atoms with E-state index in [1.807, 2.05) is 0 Å². The SMILES string of the molecule is CCC(C)COP(=O)(NCCN(CC)CC)OCC(C)CC. The van der Waals surface area contributed by atoms with Crippen LogP contribution in [0.4, 0.5) is 0 Å². The molecule has 1 N–H and O–H groups in total. The maximum atomic E-state index is 12.8. The van der Waals surface area contributed by atoms with Gasteiger partial charge in [-0.25, -0.2) is 9.65 Å². The van der Waals surface area contributed by atoms with Gasteiger partial charge in [0.2, 0.25) is 0 Å². The fraction of sp³-hybridized carbons (Fsp3) is 1.00. The Hall–Kier alpha value is 0.0700. The zero-order chi connectivity index (χ0) is 17.0. The maximum Gasteiger partial charge on any atom is 0.405 e. The average molecular weight is 336 g/mol. The average Bonchev–Trinajstić information content (AvgIpc) is 2.54. The predicted octanol–water partition coefficient (Wildman–Crippen LogP) is 4.15. The lowest BCUT2D eigenvalue weighted by atomic mass is 10.1. The molecule has 0 fully saturated rings. The van der Waals surface area contributed by atoms with Crippen molar-refractivity contribution in [1.29, 1.82) is 0 Å². The molecule has 22 heavy (non-hydrogen) atoms. The standard InChI is InChI=1S/C16H37N2O3P/c1-7-15(5)13-20-22(19,21-14-16(6)8-2)17-11-12-18(9-3)10-4/h15-16H,7-14H2,1-6H3,(H,17,19). The highest BCUT2D eigenvalue weighted by molar-refractivity contribution is 7.51. The van der Waals surface area contributed by atoms with Crippen molar-refractivity contribution in [3.63, 3.8) is 0 Å². The molecule has 0 saturated heterocycles. The molecule has 5 nitrogen and oxygen atoms in total. The maximum absolute atomic E-state index is 12.8. The van der Waals surface area contributed by atoms with Gasteiger partial charge >= 0.3 is 7.75 Å². The number of hydrogen-bond acceptors (Lipinski definition) is 4. The Labute approximate surface area is 137 Å². The van der Waals surface area contributed by atoms with Crippen molar-refractivity contribution in [1.82, 2.24) is 9.99 Å². The van der Waals surface area contributed by atoms with E-state index < -0.39 is 7.75 Å². The van der Waals surface area contributed by atoms with Crippen LogP contribution in [-0.4, -0.2) is 44.3 Å². The van der Waals surface area contributed by atoms with E-state index >= 15 is 0 Å². The highest BCUT2D eigenvalue weighted by Gasteiger charge is 2.25. The highest BCUT2D eigenvalue weighted by Crippen LogP contribution is 2.44. The summed E-state index contributed by atoms with van der Waals surface area (Å²) in [7, 11) is -3.21. The number of hydrogen-bond donors (Lipinski definition) is 1. The van der Waals surface area contributed by atoms with Gasteiger partial charge in [0.25, 0.3) is 0 Å². The smallest absolute Gasteiger partial charge is 0.303 e. The lowest BCUT2D eigenvalue weighted by molar-refractivity contribution is 0.156. The summed E-state index contributed by atoms with van der Waals surface area (Å²) < 4.78 is 24.1. The molecule has 0 amide bonds. The number of rotatable bonds is 14. The third-order valence-corrected chi connectivity index (χ3v) is 5.67. The minimum absolute atomic E-state index is 0.380. The fourth-order valence-corrected chi connectivity index (χ4v) is 3.23. The first-order chi connectivity index (χ1) is 10.4. The largest absolute Gasteiger partial charge is 0.405 e. The summed E-state index contributed by atoms with van der Waals surface area (Å²) in [6.45, 7) is 17.0. The van der Waals surface area contributed by atoms with Gasteiger partial charge in [-0.1, -0.05) is 54.4 Å². The predicted molar refractivity (Wildman–Crippen MR) is 94.2 cm³/mol. The summed E-state index contributed by atoms with van der Waals surface area (Å²) in [5.41, 5.74) is 0. The normalized spacial score (nSPS) is 17.4. The van der Waals surface area contributed by atoms with E-state index in [1.165, 1.54) is 0 Å². The molecule has 134 valence electrons. The summed E-state index contributed by atoms with van der Waals surface area (Å²) in [6, 6.07) is 0. The third-order valence-electron chi connectivity index (χ3n) is 4.08. The summed E-state index contributed by atoms with van der Waals surface area (Å²) in [4.78, 5) is 2.28. The van der Waals surface area contributed by atoms with Gasteiger partial charge in [0.15, 0.2) is 0 Å². The molecular formula is C16H37N2O3P. The van der Waals surface area contributed by atoms with Gasteiger partial charge in [-0.15, -0.1) is 0 Å². The topological polar surface area (TPSA) is 50.8 Å². The van der Waals surface area contributed by atoms with E-state index in [4.69, 9.17) is 9.05 Å². The minimum atomic E-state index is -3.21. The van der Waals surface area contributed by atoms with Crippen molar-refractivity contribution in [2.24, 2.45) is 11.8 Å². The first kappa shape index (κ1) is 22.1. The minimum Gasteiger partial charge on any atom is -0.303 e. The molecule has 0 heterocycles. The van der Waals surface area contributed by atoms with Gasteiger partial charge < -0.3 is 4.90 Å². The van der Waals surface area contributed by atoms with Crippen molar-refractivity contribution in [2.45, 2.75) is 54.4 Å². The van der Waals surface area contributed by atoms with Gasteiger partial charge in [0.1, 0.15) is 0 Å². The molecule has 0 radical (unpaired) electrons. The lowest BCUT2D eigenvalue weighted by Gasteiger charge is -2.24. The van der Waals surface area contributed by atoms with Crippen LogP contribution in [0.15, 0.2) is 0 Å². The van der Waals surface area contributed by atoms with E-state index in [2.05, 4.69) is 51.5 Å². The molecule has 0 aromatic rings. The molecule has 2 atom stereocenters. The second-order valence-corrected chi connectivity index (χ2v) is 7.88. The Morgan fingerprint density at radius 1 is 0.955 bits per heavy atom. The van der Waals surface area contributed by atoms with Crippen LogP contribution in [0.5, 0.6) is 0 Å². The molecule has 0 saturated carbocycles. The number of nitrogens with one attached hydrogen (secondary N) is 1. The lowest BCUT2D eigenvalue weighted by Crippen LogP contribution is -2.31. The fourth-order valence-electron chi connectivity index (χ4n) is 1.70. The van der Waals surface area contributed by atoms with E-state index in [0.717, 1.165) is 32.5 Å². The van der Waals surface area contributed by atoms with Crippen LogP contribution in [0.3, 0.4) is 0 Å². The zero-order valence-corrected chi connectivity index (χ0v) is 16.3. The molecule has 0 spiro atoms. The first-order valence-electron chi connectivity index (χ1n) is 8.77. The molecule has 0 bridgehead atoms. The Kier molecular flexibility index (Phi) is 12.5. The molecule has 0 aromatic carbocycles. The zero-order valence-electron chi connectivity index (χ0n) is 15.4. The van der Waals surface area contributed by atoms with Crippen molar-refractivity contribution in [3.8, 4) is 0 Å². The van der Waals surface area contributed by atoms with Crippen LogP contribution >= 0.6 is 7.75 Å². The van der Waals surface area contributed by atoms with Crippen molar-refractivity contribution >= 4 is 7.75 Å². The molecule has 6 heteroatoms. The van der Waals surface area contributed by atoms with Gasteiger partial charge in [-0.3, -0.25) is 9.05 Å². The quantitative estimate of drug-likeness (QED) is 0.483. The van der Waals surface area contributed by atoms with E-state index in [9.17, 15) is 4.57 Å².